The van der Waals surface area contributed by atoms with Crippen molar-refractivity contribution in [2.24, 2.45) is 0 Å². The molecule has 36 heavy (non-hydrogen) atoms. The van der Waals surface area contributed by atoms with Gasteiger partial charge in [0.05, 0.1) is 29.1 Å². The molecule has 180 valence electrons. The number of carbonyl (C=O) groups is 1. The maximum atomic E-state index is 11.4. The Morgan fingerprint density at radius 3 is 2.50 bits per heavy atom. The summed E-state index contributed by atoms with van der Waals surface area (Å²) >= 11 is 0. The van der Waals surface area contributed by atoms with Gasteiger partial charge in [0.25, 0.3) is 0 Å². The lowest BCUT2D eigenvalue weighted by Crippen LogP contribution is -2.39. The van der Waals surface area contributed by atoms with Crippen LogP contribution < -0.4 is 10.1 Å². The van der Waals surface area contributed by atoms with Gasteiger partial charge in [0.2, 0.25) is 0 Å². The number of fused-ring (bicyclic) bond motifs is 1. The number of hydrogen-bond acceptors (Lipinski definition) is 4. The average Bonchev–Trinajstić information content (AvgIpc) is 3.28. The molecule has 3 aromatic carbocycles. The maximum absolute atomic E-state index is 11.4. The zero-order valence-electron chi connectivity index (χ0n) is 19.8. The molecule has 0 saturated heterocycles. The zero-order valence-corrected chi connectivity index (χ0v) is 19.8. The van der Waals surface area contributed by atoms with Crippen LogP contribution in [0.3, 0.4) is 0 Å². The molecule has 2 aromatic heterocycles. The van der Waals surface area contributed by atoms with Crippen LogP contribution in [0.25, 0.3) is 33.3 Å². The third-order valence-corrected chi connectivity index (χ3v) is 6.08. The first kappa shape index (κ1) is 23.1. The molecule has 0 spiro atoms. The molecule has 0 fully saturated rings. The van der Waals surface area contributed by atoms with E-state index in [9.17, 15) is 9.90 Å². The number of benzene rings is 3. The van der Waals surface area contributed by atoms with Crippen molar-refractivity contribution in [3.63, 3.8) is 0 Å². The number of hydrogen-bond donors (Lipinski definition) is 3. The summed E-state index contributed by atoms with van der Waals surface area (Å²) < 4.78 is 6.08. The van der Waals surface area contributed by atoms with Crippen LogP contribution in [0.15, 0.2) is 91.1 Å². The van der Waals surface area contributed by atoms with Crippen LogP contribution in [0.4, 0.5) is 4.79 Å². The van der Waals surface area contributed by atoms with E-state index in [-0.39, 0.29) is 6.61 Å². The summed E-state index contributed by atoms with van der Waals surface area (Å²) in [6.45, 7) is 2.15. The average molecular weight is 479 g/mol. The number of pyridine rings is 1. The minimum Gasteiger partial charge on any atom is -0.490 e. The molecule has 5 aromatic rings. The Balaban J connectivity index is 1.47. The van der Waals surface area contributed by atoms with Crippen molar-refractivity contribution in [1.82, 2.24) is 20.5 Å². The molecular formula is C29H26N4O3. The van der Waals surface area contributed by atoms with Crippen molar-refractivity contribution in [2.45, 2.75) is 19.4 Å². The molecule has 0 unspecified atom stereocenters. The lowest BCUT2D eigenvalue weighted by molar-refractivity contribution is 0.180. The molecule has 3 N–H and O–H groups in total. The van der Waals surface area contributed by atoms with Crippen LogP contribution in [0.2, 0.25) is 0 Å². The summed E-state index contributed by atoms with van der Waals surface area (Å²) in [7, 11) is 0. The van der Waals surface area contributed by atoms with Crippen molar-refractivity contribution >= 4 is 17.0 Å². The Morgan fingerprint density at radius 2 is 1.75 bits per heavy atom. The zero-order chi connectivity index (χ0) is 24.9. The second kappa shape index (κ2) is 10.3. The monoisotopic (exact) mass is 478 g/mol. The number of nitrogens with zero attached hydrogens (tertiary/aromatic N) is 2. The summed E-state index contributed by atoms with van der Waals surface area (Å²) in [6.07, 6.45) is 1.13. The van der Waals surface area contributed by atoms with Crippen molar-refractivity contribution in [2.75, 3.05) is 6.61 Å². The van der Waals surface area contributed by atoms with Crippen molar-refractivity contribution < 1.29 is 14.6 Å². The number of nitrogens with one attached hydrogen (secondary N) is 2. The van der Waals surface area contributed by atoms with Crippen LogP contribution in [0.1, 0.15) is 11.3 Å². The molecule has 0 radical (unpaired) electrons. The molecule has 0 aliphatic rings. The third-order valence-electron chi connectivity index (χ3n) is 6.08. The summed E-state index contributed by atoms with van der Waals surface area (Å²) in [4.78, 5) is 16.1. The number of rotatable bonds is 8. The molecule has 0 aliphatic carbocycles. The van der Waals surface area contributed by atoms with E-state index >= 15 is 0 Å². The van der Waals surface area contributed by atoms with E-state index in [0.717, 1.165) is 44.5 Å². The van der Waals surface area contributed by atoms with Gasteiger partial charge in [0, 0.05) is 16.5 Å². The number of aryl methyl sites for hydroxylation is 1. The first-order valence-electron chi connectivity index (χ1n) is 11.7. The van der Waals surface area contributed by atoms with Crippen LogP contribution in [0, 0.1) is 6.92 Å². The minimum atomic E-state index is -1.08. The number of amides is 1. The van der Waals surface area contributed by atoms with Gasteiger partial charge in [-0.2, -0.15) is 5.10 Å². The SMILES string of the molecule is Cc1n[nH]c2ccc(-c3cc(OC[C@H](Cc4ccccc4)NC(=O)O)cnc3-c3ccccc3)cc12. The van der Waals surface area contributed by atoms with E-state index in [1.54, 1.807) is 6.20 Å². The standard InChI is InChI=1S/C29H26N4O3/c1-19-25-15-22(12-13-27(25)33-32-19)26-16-24(17-30-28(26)21-10-6-3-7-11-21)36-18-23(31-29(34)35)14-20-8-4-2-5-9-20/h2-13,15-17,23,31H,14,18H2,1H3,(H,32,33)(H,34,35)/t23-/m0/s1. The molecule has 2 heterocycles. The second-order valence-electron chi connectivity index (χ2n) is 8.65. The van der Waals surface area contributed by atoms with Gasteiger partial charge < -0.3 is 15.2 Å². The predicted octanol–water partition coefficient (Wildman–Crippen LogP) is 5.86. The van der Waals surface area contributed by atoms with Crippen LogP contribution in [-0.4, -0.2) is 39.0 Å². The molecule has 1 amide bonds. The van der Waals surface area contributed by atoms with E-state index in [1.165, 1.54) is 0 Å². The number of ether oxygens (including phenoxy) is 1. The summed E-state index contributed by atoms with van der Waals surface area (Å²) in [5.41, 5.74) is 6.69. The largest absolute Gasteiger partial charge is 0.490 e. The van der Waals surface area contributed by atoms with E-state index in [1.807, 2.05) is 85.8 Å². The molecule has 1 atom stereocenters. The first-order chi connectivity index (χ1) is 17.6. The normalized spacial score (nSPS) is 11.8. The Kier molecular flexibility index (Phi) is 6.62. The van der Waals surface area contributed by atoms with Crippen molar-refractivity contribution in [3.8, 4) is 28.1 Å². The fourth-order valence-corrected chi connectivity index (χ4v) is 4.31. The van der Waals surface area contributed by atoms with E-state index in [4.69, 9.17) is 9.72 Å². The highest BCUT2D eigenvalue weighted by Gasteiger charge is 2.16. The summed E-state index contributed by atoms with van der Waals surface area (Å²) in [6, 6.07) is 27.5. The molecule has 5 rings (SSSR count). The number of aromatic amines is 1. The highest BCUT2D eigenvalue weighted by atomic mass is 16.5. The Morgan fingerprint density at radius 1 is 1.00 bits per heavy atom. The fourth-order valence-electron chi connectivity index (χ4n) is 4.31. The van der Waals surface area contributed by atoms with Crippen LogP contribution in [0.5, 0.6) is 5.75 Å². The van der Waals surface area contributed by atoms with Gasteiger partial charge in [0.15, 0.2) is 0 Å². The quantitative estimate of drug-likeness (QED) is 0.259. The van der Waals surface area contributed by atoms with Crippen LogP contribution in [-0.2, 0) is 6.42 Å². The van der Waals surface area contributed by atoms with Gasteiger partial charge >= 0.3 is 6.09 Å². The van der Waals surface area contributed by atoms with Gasteiger partial charge in [-0.15, -0.1) is 0 Å². The van der Waals surface area contributed by atoms with Gasteiger partial charge in [0.1, 0.15) is 12.4 Å². The number of H-pyrrole nitrogens is 1. The molecular weight excluding hydrogens is 452 g/mol. The third kappa shape index (κ3) is 5.20. The lowest BCUT2D eigenvalue weighted by Gasteiger charge is -2.19. The molecule has 0 saturated carbocycles. The Labute approximate surface area is 208 Å². The van der Waals surface area contributed by atoms with Gasteiger partial charge in [-0.25, -0.2) is 4.79 Å². The molecule has 0 bridgehead atoms. The fraction of sp³-hybridized carbons (Fsp3) is 0.138. The Bertz CT molecular complexity index is 1480. The molecule has 7 heteroatoms. The van der Waals surface area contributed by atoms with Crippen molar-refractivity contribution in [1.29, 1.82) is 0 Å². The van der Waals surface area contributed by atoms with E-state index in [2.05, 4.69) is 21.6 Å². The number of aromatic nitrogens is 3. The minimum absolute atomic E-state index is 0.173. The summed E-state index contributed by atoms with van der Waals surface area (Å²) in [5, 5.41) is 20.3. The predicted molar refractivity (Wildman–Crippen MR) is 140 cm³/mol. The smallest absolute Gasteiger partial charge is 0.405 e. The maximum Gasteiger partial charge on any atom is 0.405 e. The van der Waals surface area contributed by atoms with E-state index < -0.39 is 12.1 Å². The van der Waals surface area contributed by atoms with E-state index in [0.29, 0.717) is 12.2 Å². The highest BCUT2D eigenvalue weighted by molar-refractivity contribution is 5.90. The lowest BCUT2D eigenvalue weighted by atomic mass is 9.98. The van der Waals surface area contributed by atoms with Crippen LogP contribution >= 0.6 is 0 Å². The topological polar surface area (TPSA) is 100 Å². The Hall–Kier alpha value is -4.65. The van der Waals surface area contributed by atoms with Crippen molar-refractivity contribution in [3.05, 3.63) is 102 Å². The molecule has 0 aliphatic heterocycles. The van der Waals surface area contributed by atoms with Gasteiger partial charge in [-0.1, -0.05) is 66.7 Å². The first-order valence-corrected chi connectivity index (χ1v) is 11.7. The second-order valence-corrected chi connectivity index (χ2v) is 8.65. The number of carboxylic acid groups (broad SMARTS) is 1. The summed E-state index contributed by atoms with van der Waals surface area (Å²) in [5.74, 6) is 0.568. The van der Waals surface area contributed by atoms with Gasteiger partial charge in [-0.05, 0) is 42.7 Å². The highest BCUT2D eigenvalue weighted by Crippen LogP contribution is 2.34. The molecule has 7 nitrogen and oxygen atoms in total. The van der Waals surface area contributed by atoms with Gasteiger partial charge in [-0.3, -0.25) is 10.1 Å².